The van der Waals surface area contributed by atoms with Crippen molar-refractivity contribution in [3.05, 3.63) is 0 Å². The van der Waals surface area contributed by atoms with Crippen molar-refractivity contribution in [3.8, 4) is 0 Å². The Morgan fingerprint density at radius 2 is 2.04 bits per heavy atom. The lowest BCUT2D eigenvalue weighted by atomic mass is 10.0. The molecule has 2 N–H and O–H groups in total. The van der Waals surface area contributed by atoms with Gasteiger partial charge in [-0.15, -0.1) is 0 Å². The Hall–Kier alpha value is -0.850. The number of rotatable bonds is 7. The second-order valence-electron chi connectivity index (χ2n) is 8.14. The lowest BCUT2D eigenvalue weighted by molar-refractivity contribution is -0.0356. The molecule has 0 aromatic rings. The SMILES string of the molecule is C[C@H](CN[C@H](C)C[C@H]1COCCN1C(=O)OC(C)(C)C)C[C@H](C)O. The third-order valence-electron chi connectivity index (χ3n) is 4.04. The molecule has 6 heteroatoms. The van der Waals surface area contributed by atoms with Crippen molar-refractivity contribution in [1.82, 2.24) is 10.2 Å². The largest absolute Gasteiger partial charge is 0.444 e. The average molecular weight is 344 g/mol. The van der Waals surface area contributed by atoms with E-state index in [1.165, 1.54) is 0 Å². The van der Waals surface area contributed by atoms with Crippen molar-refractivity contribution in [2.45, 2.75) is 78.2 Å². The molecule has 1 heterocycles. The lowest BCUT2D eigenvalue weighted by Gasteiger charge is -2.38. The smallest absolute Gasteiger partial charge is 0.410 e. The molecule has 0 aromatic heterocycles. The molecule has 1 aliphatic heterocycles. The first-order valence-electron chi connectivity index (χ1n) is 9.07. The Balaban J connectivity index is 2.48. The number of aliphatic hydroxyl groups is 1. The number of carbonyl (C=O) groups excluding carboxylic acids is 1. The van der Waals surface area contributed by atoms with Gasteiger partial charge in [0.1, 0.15) is 5.60 Å². The molecule has 0 aliphatic carbocycles. The molecule has 4 atom stereocenters. The minimum absolute atomic E-state index is 0.0307. The number of ether oxygens (including phenoxy) is 2. The number of morpholine rings is 1. The lowest BCUT2D eigenvalue weighted by Crippen LogP contribution is -2.52. The monoisotopic (exact) mass is 344 g/mol. The van der Waals surface area contributed by atoms with Gasteiger partial charge in [0.15, 0.2) is 0 Å². The average Bonchev–Trinajstić information content (AvgIpc) is 2.43. The molecule has 6 nitrogen and oxygen atoms in total. The third kappa shape index (κ3) is 8.31. The molecular weight excluding hydrogens is 308 g/mol. The van der Waals surface area contributed by atoms with Crippen molar-refractivity contribution in [2.24, 2.45) is 5.92 Å². The predicted molar refractivity (Wildman–Crippen MR) is 95.1 cm³/mol. The van der Waals surface area contributed by atoms with E-state index in [0.29, 0.717) is 25.7 Å². The van der Waals surface area contributed by atoms with Crippen molar-refractivity contribution in [3.63, 3.8) is 0 Å². The van der Waals surface area contributed by atoms with Crippen LogP contribution in [-0.4, -0.2) is 66.2 Å². The molecule has 0 unspecified atom stereocenters. The first kappa shape index (κ1) is 21.2. The number of nitrogens with zero attached hydrogens (tertiary/aromatic N) is 1. The van der Waals surface area contributed by atoms with Gasteiger partial charge in [-0.25, -0.2) is 4.79 Å². The molecule has 1 amide bonds. The Kier molecular flexibility index (Phi) is 8.46. The molecule has 1 rings (SSSR count). The van der Waals surface area contributed by atoms with Crippen LogP contribution in [0, 0.1) is 5.92 Å². The second kappa shape index (κ2) is 9.59. The first-order chi connectivity index (χ1) is 11.1. The summed E-state index contributed by atoms with van der Waals surface area (Å²) in [5.41, 5.74) is -0.486. The van der Waals surface area contributed by atoms with Crippen LogP contribution >= 0.6 is 0 Å². The zero-order valence-corrected chi connectivity index (χ0v) is 16.2. The van der Waals surface area contributed by atoms with E-state index in [-0.39, 0.29) is 24.3 Å². The van der Waals surface area contributed by atoms with E-state index < -0.39 is 5.60 Å². The van der Waals surface area contributed by atoms with Crippen LogP contribution in [-0.2, 0) is 9.47 Å². The van der Waals surface area contributed by atoms with Gasteiger partial charge < -0.3 is 24.8 Å². The van der Waals surface area contributed by atoms with E-state index >= 15 is 0 Å². The molecule has 0 aromatic carbocycles. The highest BCUT2D eigenvalue weighted by atomic mass is 16.6. The summed E-state index contributed by atoms with van der Waals surface area (Å²) in [6.07, 6.45) is 1.08. The maximum Gasteiger partial charge on any atom is 0.410 e. The fourth-order valence-corrected chi connectivity index (χ4v) is 2.97. The topological polar surface area (TPSA) is 71.0 Å². The van der Waals surface area contributed by atoms with Gasteiger partial charge in [-0.1, -0.05) is 6.92 Å². The molecule has 0 radical (unpaired) electrons. The Morgan fingerprint density at radius 1 is 1.38 bits per heavy atom. The van der Waals surface area contributed by atoms with Crippen LogP contribution in [0.4, 0.5) is 4.79 Å². The van der Waals surface area contributed by atoms with E-state index in [1.807, 2.05) is 27.7 Å². The standard InChI is InChI=1S/C18H36N2O4/c1-13(9-15(3)21)11-19-14(2)10-16-12-23-8-7-20(16)17(22)24-18(4,5)6/h13-16,19,21H,7-12H2,1-6H3/t13-,14+,15-,16-/m0/s1. The van der Waals surface area contributed by atoms with E-state index in [1.54, 1.807) is 4.90 Å². The fraction of sp³-hybridized carbons (Fsp3) is 0.944. The summed E-state index contributed by atoms with van der Waals surface area (Å²) in [5, 5.41) is 12.9. The first-order valence-corrected chi connectivity index (χ1v) is 9.07. The third-order valence-corrected chi connectivity index (χ3v) is 4.04. The number of hydrogen-bond donors (Lipinski definition) is 2. The second-order valence-corrected chi connectivity index (χ2v) is 8.14. The molecule has 1 fully saturated rings. The molecule has 0 spiro atoms. The number of amides is 1. The molecule has 0 saturated carbocycles. The van der Waals surface area contributed by atoms with Crippen LogP contribution < -0.4 is 5.32 Å². The summed E-state index contributed by atoms with van der Waals surface area (Å²) < 4.78 is 11.1. The summed E-state index contributed by atoms with van der Waals surface area (Å²) in [6.45, 7) is 14.3. The van der Waals surface area contributed by atoms with Crippen molar-refractivity contribution in [2.75, 3.05) is 26.3 Å². The predicted octanol–water partition coefficient (Wildman–Crippen LogP) is 2.40. The summed E-state index contributed by atoms with van der Waals surface area (Å²) >= 11 is 0. The van der Waals surface area contributed by atoms with E-state index in [9.17, 15) is 9.90 Å². The minimum atomic E-state index is -0.486. The van der Waals surface area contributed by atoms with Crippen LogP contribution in [0.1, 0.15) is 54.4 Å². The van der Waals surface area contributed by atoms with E-state index in [2.05, 4.69) is 19.2 Å². The van der Waals surface area contributed by atoms with Crippen LogP contribution in [0.15, 0.2) is 0 Å². The quantitative estimate of drug-likeness (QED) is 0.742. The van der Waals surface area contributed by atoms with Gasteiger partial charge in [0.25, 0.3) is 0 Å². The Labute approximate surface area is 146 Å². The van der Waals surface area contributed by atoms with Crippen molar-refractivity contribution >= 4 is 6.09 Å². The van der Waals surface area contributed by atoms with Crippen LogP contribution in [0.5, 0.6) is 0 Å². The van der Waals surface area contributed by atoms with E-state index in [0.717, 1.165) is 19.4 Å². The van der Waals surface area contributed by atoms with Gasteiger partial charge in [-0.3, -0.25) is 0 Å². The Bertz CT molecular complexity index is 382. The van der Waals surface area contributed by atoms with E-state index in [4.69, 9.17) is 9.47 Å². The Morgan fingerprint density at radius 3 is 2.62 bits per heavy atom. The number of hydrogen-bond acceptors (Lipinski definition) is 5. The van der Waals surface area contributed by atoms with Gasteiger partial charge in [-0.05, 0) is 59.9 Å². The van der Waals surface area contributed by atoms with Gasteiger partial charge in [-0.2, -0.15) is 0 Å². The van der Waals surface area contributed by atoms with Gasteiger partial charge in [0, 0.05) is 12.6 Å². The van der Waals surface area contributed by atoms with Crippen molar-refractivity contribution in [1.29, 1.82) is 0 Å². The summed E-state index contributed by atoms with van der Waals surface area (Å²) in [7, 11) is 0. The highest BCUT2D eigenvalue weighted by molar-refractivity contribution is 5.68. The molecular formula is C18H36N2O4. The minimum Gasteiger partial charge on any atom is -0.444 e. The van der Waals surface area contributed by atoms with Gasteiger partial charge in [0.05, 0.1) is 25.4 Å². The fourth-order valence-electron chi connectivity index (χ4n) is 2.97. The molecule has 142 valence electrons. The van der Waals surface area contributed by atoms with Crippen molar-refractivity contribution < 1.29 is 19.4 Å². The summed E-state index contributed by atoms with van der Waals surface area (Å²) in [6, 6.07) is 0.293. The summed E-state index contributed by atoms with van der Waals surface area (Å²) in [5.74, 6) is 0.414. The van der Waals surface area contributed by atoms with Crippen LogP contribution in [0.2, 0.25) is 0 Å². The molecule has 24 heavy (non-hydrogen) atoms. The van der Waals surface area contributed by atoms with Crippen LogP contribution in [0.25, 0.3) is 0 Å². The zero-order chi connectivity index (χ0) is 18.3. The normalized spacial score (nSPS) is 22.8. The number of nitrogens with one attached hydrogen (secondary N) is 1. The number of carbonyl (C=O) groups is 1. The molecule has 0 bridgehead atoms. The summed E-state index contributed by atoms with van der Waals surface area (Å²) in [4.78, 5) is 14.2. The highest BCUT2D eigenvalue weighted by Crippen LogP contribution is 2.18. The highest BCUT2D eigenvalue weighted by Gasteiger charge is 2.31. The van der Waals surface area contributed by atoms with Crippen LogP contribution in [0.3, 0.4) is 0 Å². The van der Waals surface area contributed by atoms with Gasteiger partial charge in [0.2, 0.25) is 0 Å². The maximum atomic E-state index is 12.4. The molecule has 1 saturated heterocycles. The van der Waals surface area contributed by atoms with Gasteiger partial charge >= 0.3 is 6.09 Å². The number of aliphatic hydroxyl groups excluding tert-OH is 1. The maximum absolute atomic E-state index is 12.4. The zero-order valence-electron chi connectivity index (χ0n) is 16.2. The molecule has 1 aliphatic rings.